The molecule has 1 fully saturated rings. The highest BCUT2D eigenvalue weighted by molar-refractivity contribution is 5.71. The van der Waals surface area contributed by atoms with Gasteiger partial charge in [0, 0.05) is 24.5 Å². The molecule has 2 unspecified atom stereocenters. The third kappa shape index (κ3) is 3.03. The van der Waals surface area contributed by atoms with Gasteiger partial charge in [0.25, 0.3) is 0 Å². The zero-order valence-corrected chi connectivity index (χ0v) is 22.4. The van der Waals surface area contributed by atoms with Crippen molar-refractivity contribution in [3.8, 4) is 22.4 Å². The van der Waals surface area contributed by atoms with Crippen LogP contribution in [0.3, 0.4) is 0 Å². The van der Waals surface area contributed by atoms with Gasteiger partial charge in [0.1, 0.15) is 0 Å². The van der Waals surface area contributed by atoms with E-state index in [2.05, 4.69) is 100.0 Å². The van der Waals surface area contributed by atoms with Gasteiger partial charge in [-0.25, -0.2) is 0 Å². The molecule has 3 aliphatic carbocycles. The number of pyridine rings is 1. The Morgan fingerprint density at radius 1 is 0.829 bits per heavy atom. The zero-order chi connectivity index (χ0) is 24.4. The van der Waals surface area contributed by atoms with E-state index in [1.165, 1.54) is 54.5 Å². The summed E-state index contributed by atoms with van der Waals surface area (Å²) < 4.78 is 2.73. The highest BCUT2D eigenvalue weighted by Gasteiger charge is 2.61. The molecule has 2 aromatic carbocycles. The number of hydrogen-bond donors (Lipinski definition) is 0. The Morgan fingerprint density at radius 3 is 2.06 bits per heavy atom. The molecule has 0 radical (unpaired) electrons. The zero-order valence-electron chi connectivity index (χ0n) is 22.4. The molecular formula is C34H42N+. The van der Waals surface area contributed by atoms with Crippen LogP contribution in [0.2, 0.25) is 0 Å². The molecule has 1 saturated carbocycles. The molecule has 1 aliphatic heterocycles. The highest BCUT2D eigenvalue weighted by Crippen LogP contribution is 2.58. The van der Waals surface area contributed by atoms with Crippen molar-refractivity contribution in [2.24, 2.45) is 5.92 Å². The van der Waals surface area contributed by atoms with E-state index in [1.807, 2.05) is 0 Å². The van der Waals surface area contributed by atoms with E-state index in [0.717, 1.165) is 24.7 Å². The van der Waals surface area contributed by atoms with Crippen molar-refractivity contribution < 1.29 is 4.57 Å². The first-order valence-corrected chi connectivity index (χ1v) is 14.3. The fraction of sp³-hybridized carbons (Fsp3) is 0.500. The fourth-order valence-corrected chi connectivity index (χ4v) is 8.53. The molecule has 0 spiro atoms. The maximum absolute atomic E-state index is 2.73. The molecule has 182 valence electrons. The third-order valence-electron chi connectivity index (χ3n) is 10.9. The molecular weight excluding hydrogens is 422 g/mol. The summed E-state index contributed by atoms with van der Waals surface area (Å²) >= 11 is 0. The van der Waals surface area contributed by atoms with Crippen molar-refractivity contribution >= 4 is 0 Å². The second-order valence-corrected chi connectivity index (χ2v) is 11.9. The molecule has 7 rings (SSSR count). The van der Waals surface area contributed by atoms with Gasteiger partial charge in [0.05, 0.1) is 11.0 Å². The number of aromatic nitrogens is 1. The van der Waals surface area contributed by atoms with Crippen LogP contribution in [-0.2, 0) is 11.0 Å². The summed E-state index contributed by atoms with van der Waals surface area (Å²) in [5.41, 5.74) is 10.7. The first-order chi connectivity index (χ1) is 17.0. The van der Waals surface area contributed by atoms with Crippen LogP contribution in [0, 0.1) is 5.92 Å². The second kappa shape index (κ2) is 8.32. The van der Waals surface area contributed by atoms with Crippen molar-refractivity contribution in [2.75, 3.05) is 0 Å². The molecule has 2 bridgehead atoms. The Balaban J connectivity index is 1.68. The van der Waals surface area contributed by atoms with Crippen LogP contribution in [0.4, 0.5) is 0 Å². The quantitative estimate of drug-likeness (QED) is 0.332. The van der Waals surface area contributed by atoms with Gasteiger partial charge in [-0.2, -0.15) is 4.57 Å². The minimum Gasteiger partial charge on any atom is -0.191 e. The van der Waals surface area contributed by atoms with Gasteiger partial charge in [-0.15, -0.1) is 0 Å². The lowest BCUT2D eigenvalue weighted by atomic mass is 9.53. The Labute approximate surface area is 212 Å². The molecule has 0 N–H and O–H groups in total. The number of rotatable bonds is 5. The lowest BCUT2D eigenvalue weighted by Gasteiger charge is -2.52. The van der Waals surface area contributed by atoms with Crippen LogP contribution >= 0.6 is 0 Å². The van der Waals surface area contributed by atoms with Crippen LogP contribution in [0.15, 0.2) is 60.8 Å². The van der Waals surface area contributed by atoms with Crippen molar-refractivity contribution in [3.63, 3.8) is 0 Å². The van der Waals surface area contributed by atoms with E-state index in [4.69, 9.17) is 0 Å². The van der Waals surface area contributed by atoms with Crippen LogP contribution in [0.25, 0.3) is 22.4 Å². The Morgan fingerprint density at radius 2 is 1.46 bits per heavy atom. The lowest BCUT2D eigenvalue weighted by molar-refractivity contribution is -0.770. The topological polar surface area (TPSA) is 3.88 Å². The van der Waals surface area contributed by atoms with Crippen LogP contribution < -0.4 is 4.57 Å². The SMILES string of the molecule is CCC(C)C1(C)c2cc3c(cc2-c2ccc(-c4ccccc4)c[n+]2C1(CC)CC)C1CCC3CC1. The standard InChI is InChI=1S/C34H42N/c1-6-23(4)33(5)31-21-29-26-16-14-25(15-17-26)28(29)20-30(31)32-19-18-27(24-12-10-9-11-13-24)22-35(32)34(33,7-2)8-3/h9-13,18-23,25-26H,6-8,14-17H2,1-5H3/q+1. The first kappa shape index (κ1) is 23.0. The smallest absolute Gasteiger partial charge is 0.191 e. The summed E-state index contributed by atoms with van der Waals surface area (Å²) in [6.07, 6.45) is 11.6. The van der Waals surface area contributed by atoms with Gasteiger partial charge >= 0.3 is 0 Å². The predicted molar refractivity (Wildman–Crippen MR) is 147 cm³/mol. The summed E-state index contributed by atoms with van der Waals surface area (Å²) in [6, 6.07) is 21.1. The molecule has 1 aromatic heterocycles. The molecule has 35 heavy (non-hydrogen) atoms. The molecule has 4 aliphatic rings. The number of benzene rings is 2. The summed E-state index contributed by atoms with van der Waals surface area (Å²) in [5, 5.41) is 0. The number of nitrogens with zero attached hydrogens (tertiary/aromatic N) is 1. The minimum atomic E-state index is 0.0530. The molecule has 0 saturated heterocycles. The lowest BCUT2D eigenvalue weighted by Crippen LogP contribution is -2.70. The maximum atomic E-state index is 2.73. The third-order valence-corrected chi connectivity index (χ3v) is 10.9. The number of fused-ring (bicyclic) bond motifs is 5. The first-order valence-electron chi connectivity index (χ1n) is 14.3. The van der Waals surface area contributed by atoms with Gasteiger partial charge < -0.3 is 0 Å². The van der Waals surface area contributed by atoms with Gasteiger partial charge in [-0.05, 0) is 84.7 Å². The van der Waals surface area contributed by atoms with Crippen LogP contribution in [0.5, 0.6) is 0 Å². The Bertz CT molecular complexity index is 1240. The van der Waals surface area contributed by atoms with E-state index in [1.54, 1.807) is 16.7 Å². The highest BCUT2D eigenvalue weighted by atomic mass is 15.1. The van der Waals surface area contributed by atoms with Crippen molar-refractivity contribution in [1.82, 2.24) is 0 Å². The molecule has 1 heteroatoms. The summed E-state index contributed by atoms with van der Waals surface area (Å²) in [6.45, 7) is 12.4. The van der Waals surface area contributed by atoms with E-state index in [0.29, 0.717) is 5.92 Å². The van der Waals surface area contributed by atoms with Crippen molar-refractivity contribution in [2.45, 2.75) is 102 Å². The van der Waals surface area contributed by atoms with Gasteiger partial charge in [-0.1, -0.05) is 70.5 Å². The minimum absolute atomic E-state index is 0.0530. The largest absolute Gasteiger partial charge is 0.213 e. The molecule has 1 nitrogen and oxygen atoms in total. The van der Waals surface area contributed by atoms with E-state index in [9.17, 15) is 0 Å². The summed E-state index contributed by atoms with van der Waals surface area (Å²) in [5.74, 6) is 2.16. The van der Waals surface area contributed by atoms with Gasteiger partial charge in [-0.3, -0.25) is 0 Å². The Hall–Kier alpha value is -2.41. The molecule has 3 aromatic rings. The summed E-state index contributed by atoms with van der Waals surface area (Å²) in [4.78, 5) is 0. The fourth-order valence-electron chi connectivity index (χ4n) is 8.53. The Kier molecular flexibility index (Phi) is 5.47. The van der Waals surface area contributed by atoms with Crippen molar-refractivity contribution in [3.05, 3.63) is 77.5 Å². The van der Waals surface area contributed by atoms with E-state index >= 15 is 0 Å². The van der Waals surface area contributed by atoms with E-state index in [-0.39, 0.29) is 11.0 Å². The predicted octanol–water partition coefficient (Wildman–Crippen LogP) is 8.90. The number of hydrogen-bond acceptors (Lipinski definition) is 0. The van der Waals surface area contributed by atoms with Gasteiger partial charge in [0.2, 0.25) is 5.69 Å². The average Bonchev–Trinajstić information content (AvgIpc) is 2.93. The average molecular weight is 465 g/mol. The van der Waals surface area contributed by atoms with E-state index < -0.39 is 0 Å². The summed E-state index contributed by atoms with van der Waals surface area (Å²) in [7, 11) is 0. The van der Waals surface area contributed by atoms with Crippen LogP contribution in [0.1, 0.15) is 108 Å². The maximum Gasteiger partial charge on any atom is 0.213 e. The second-order valence-electron chi connectivity index (χ2n) is 11.9. The monoisotopic (exact) mass is 464 g/mol. The van der Waals surface area contributed by atoms with Gasteiger partial charge in [0.15, 0.2) is 11.7 Å². The molecule has 2 heterocycles. The molecule has 2 atom stereocenters. The molecule has 0 amide bonds. The van der Waals surface area contributed by atoms with Crippen LogP contribution in [-0.4, -0.2) is 0 Å². The normalized spacial score (nSPS) is 26.5. The van der Waals surface area contributed by atoms with Crippen molar-refractivity contribution in [1.29, 1.82) is 0 Å².